The second-order valence-corrected chi connectivity index (χ2v) is 3.64. The molecular formula is C7H7IOS. The van der Waals surface area contributed by atoms with E-state index >= 15 is 0 Å². The number of halogens is 1. The topological polar surface area (TPSA) is 9.23 Å². The molecule has 0 amide bonds. The Morgan fingerprint density at radius 2 is 2.10 bits per heavy atom. The van der Waals surface area contributed by atoms with Crippen molar-refractivity contribution in [3.8, 4) is 5.75 Å². The molecule has 3 heteroatoms. The van der Waals surface area contributed by atoms with Crippen LogP contribution >= 0.6 is 30.1 Å². The summed E-state index contributed by atoms with van der Waals surface area (Å²) in [5, 5.41) is 0. The van der Waals surface area contributed by atoms with Crippen LogP contribution in [0.25, 0.3) is 0 Å². The number of hydrogen-bond acceptors (Lipinski definition) is 2. The van der Waals surface area contributed by atoms with E-state index in [-0.39, 0.29) is 0 Å². The molecule has 0 heterocycles. The van der Waals surface area contributed by atoms with Crippen molar-refractivity contribution in [2.24, 2.45) is 0 Å². The second kappa shape index (κ2) is 4.08. The number of hydrogen-bond donors (Lipinski definition) is 0. The molecule has 0 bridgehead atoms. The molecule has 54 valence electrons. The lowest BCUT2D eigenvalue weighted by molar-refractivity contribution is 0.405. The summed E-state index contributed by atoms with van der Waals surface area (Å²) in [6, 6.07) is 7.97. The Morgan fingerprint density at radius 3 is 2.60 bits per heavy atom. The van der Waals surface area contributed by atoms with Gasteiger partial charge in [-0.3, -0.25) is 0 Å². The molecule has 0 aliphatic carbocycles. The van der Waals surface area contributed by atoms with E-state index in [0.717, 1.165) is 5.75 Å². The molecule has 0 N–H and O–H groups in total. The molecule has 0 aliphatic rings. The summed E-state index contributed by atoms with van der Waals surface area (Å²) >= 11 is 2.24. The van der Waals surface area contributed by atoms with E-state index in [4.69, 9.17) is 4.74 Å². The van der Waals surface area contributed by atoms with Gasteiger partial charge >= 0.3 is 0 Å². The molecule has 0 saturated carbocycles. The highest BCUT2D eigenvalue weighted by Gasteiger charge is 1.97. The van der Waals surface area contributed by atoms with Gasteiger partial charge in [-0.1, -0.05) is 12.1 Å². The van der Waals surface area contributed by atoms with Crippen LogP contribution < -0.4 is 4.74 Å². The maximum Gasteiger partial charge on any atom is 0.133 e. The van der Waals surface area contributed by atoms with Gasteiger partial charge in [0.05, 0.1) is 12.0 Å². The highest BCUT2D eigenvalue weighted by atomic mass is 127. The minimum absolute atomic E-state index is 0.946. The molecule has 0 fully saturated rings. The summed E-state index contributed by atoms with van der Waals surface area (Å²) in [7, 11) is 3.35. The summed E-state index contributed by atoms with van der Waals surface area (Å²) in [6.07, 6.45) is 0. The second-order valence-electron chi connectivity index (χ2n) is 1.73. The van der Waals surface area contributed by atoms with Crippen LogP contribution in [0.5, 0.6) is 5.75 Å². The molecule has 0 unspecified atom stereocenters. The standard InChI is InChI=1S/C7H7IOS/c1-9-6-4-2-3-5-7(6)10-8/h2-5H,1H3. The largest absolute Gasteiger partial charge is 0.496 e. The van der Waals surface area contributed by atoms with E-state index < -0.39 is 0 Å². The fraction of sp³-hybridized carbons (Fsp3) is 0.143. The Balaban J connectivity index is 2.96. The van der Waals surface area contributed by atoms with Crippen molar-refractivity contribution in [1.29, 1.82) is 0 Å². The van der Waals surface area contributed by atoms with E-state index in [1.54, 1.807) is 16.0 Å². The molecule has 0 atom stereocenters. The van der Waals surface area contributed by atoms with Crippen LogP contribution in [0.15, 0.2) is 29.2 Å². The predicted octanol–water partition coefficient (Wildman–Crippen LogP) is 3.14. The van der Waals surface area contributed by atoms with Gasteiger partial charge in [-0.15, -0.1) is 0 Å². The third-order valence-corrected chi connectivity index (χ3v) is 3.08. The molecule has 1 aromatic rings. The van der Waals surface area contributed by atoms with Gasteiger partial charge in [0.25, 0.3) is 0 Å². The molecule has 1 aromatic carbocycles. The number of methoxy groups -OCH3 is 1. The molecule has 10 heavy (non-hydrogen) atoms. The normalized spacial score (nSPS) is 9.40. The molecule has 0 aromatic heterocycles. The van der Waals surface area contributed by atoms with Crippen molar-refractivity contribution in [2.45, 2.75) is 4.90 Å². The van der Waals surface area contributed by atoms with Crippen LogP contribution in [0.3, 0.4) is 0 Å². The van der Waals surface area contributed by atoms with Gasteiger partial charge < -0.3 is 4.74 Å². The first kappa shape index (κ1) is 8.20. The fourth-order valence-electron chi connectivity index (χ4n) is 0.683. The van der Waals surface area contributed by atoms with Crippen molar-refractivity contribution in [1.82, 2.24) is 0 Å². The highest BCUT2D eigenvalue weighted by molar-refractivity contribution is 14.2. The van der Waals surface area contributed by atoms with Crippen LogP contribution in [-0.4, -0.2) is 7.11 Å². The Bertz CT molecular complexity index is 192. The zero-order valence-corrected chi connectivity index (χ0v) is 8.48. The quantitative estimate of drug-likeness (QED) is 0.760. The first-order valence-electron chi connectivity index (χ1n) is 2.80. The number of ether oxygens (including phenoxy) is 1. The van der Waals surface area contributed by atoms with Gasteiger partial charge in [-0.05, 0) is 21.1 Å². The minimum Gasteiger partial charge on any atom is -0.496 e. The molecule has 1 rings (SSSR count). The van der Waals surface area contributed by atoms with Crippen molar-refractivity contribution in [2.75, 3.05) is 7.11 Å². The Kier molecular flexibility index (Phi) is 3.34. The summed E-state index contributed by atoms with van der Waals surface area (Å²) in [5.74, 6) is 0.946. The van der Waals surface area contributed by atoms with E-state index in [9.17, 15) is 0 Å². The summed E-state index contributed by atoms with van der Waals surface area (Å²) in [6.45, 7) is 0. The van der Waals surface area contributed by atoms with E-state index in [1.165, 1.54) is 4.90 Å². The third kappa shape index (κ3) is 1.79. The van der Waals surface area contributed by atoms with Crippen LogP contribution in [-0.2, 0) is 0 Å². The Hall–Kier alpha value is 0.1000. The predicted molar refractivity (Wildman–Crippen MR) is 52.9 cm³/mol. The Labute approximate surface area is 76.7 Å². The Morgan fingerprint density at radius 1 is 1.40 bits per heavy atom. The first-order chi connectivity index (χ1) is 4.88. The summed E-state index contributed by atoms with van der Waals surface area (Å²) < 4.78 is 5.11. The fourth-order valence-corrected chi connectivity index (χ4v) is 2.13. The smallest absolute Gasteiger partial charge is 0.133 e. The SMILES string of the molecule is COc1ccccc1SI. The van der Waals surface area contributed by atoms with Crippen molar-refractivity contribution in [3.05, 3.63) is 24.3 Å². The van der Waals surface area contributed by atoms with E-state index in [0.29, 0.717) is 0 Å². The summed E-state index contributed by atoms with van der Waals surface area (Å²) in [4.78, 5) is 1.17. The zero-order valence-electron chi connectivity index (χ0n) is 5.50. The van der Waals surface area contributed by atoms with Gasteiger partial charge in [-0.2, -0.15) is 0 Å². The highest BCUT2D eigenvalue weighted by Crippen LogP contribution is 2.32. The maximum absolute atomic E-state index is 5.11. The van der Waals surface area contributed by atoms with Crippen molar-refractivity contribution in [3.63, 3.8) is 0 Å². The van der Waals surface area contributed by atoms with Gasteiger partial charge in [-0.25, -0.2) is 0 Å². The number of benzene rings is 1. The molecular weight excluding hydrogens is 259 g/mol. The van der Waals surface area contributed by atoms with E-state index in [1.807, 2.05) is 24.3 Å². The van der Waals surface area contributed by atoms with Gasteiger partial charge in [0, 0.05) is 21.2 Å². The lowest BCUT2D eigenvalue weighted by Gasteiger charge is -2.02. The van der Waals surface area contributed by atoms with Crippen molar-refractivity contribution >= 4 is 30.1 Å². The van der Waals surface area contributed by atoms with Crippen LogP contribution in [0.2, 0.25) is 0 Å². The molecule has 0 spiro atoms. The monoisotopic (exact) mass is 266 g/mol. The average molecular weight is 266 g/mol. The van der Waals surface area contributed by atoms with Gasteiger partial charge in [0.15, 0.2) is 0 Å². The van der Waals surface area contributed by atoms with Gasteiger partial charge in [0.2, 0.25) is 0 Å². The lowest BCUT2D eigenvalue weighted by Crippen LogP contribution is -1.82. The third-order valence-electron chi connectivity index (χ3n) is 1.15. The van der Waals surface area contributed by atoms with Crippen LogP contribution in [0.4, 0.5) is 0 Å². The molecule has 0 aliphatic heterocycles. The minimum atomic E-state index is 0.946. The maximum atomic E-state index is 5.11. The average Bonchev–Trinajstić information content (AvgIpc) is 2.04. The number of rotatable bonds is 2. The van der Waals surface area contributed by atoms with Crippen LogP contribution in [0, 0.1) is 0 Å². The molecule has 1 nitrogen and oxygen atoms in total. The van der Waals surface area contributed by atoms with E-state index in [2.05, 4.69) is 21.2 Å². The molecule has 0 radical (unpaired) electrons. The summed E-state index contributed by atoms with van der Waals surface area (Å²) in [5.41, 5.74) is 0. The van der Waals surface area contributed by atoms with Crippen LogP contribution in [0.1, 0.15) is 0 Å². The van der Waals surface area contributed by atoms with Gasteiger partial charge in [0.1, 0.15) is 5.75 Å². The molecule has 0 saturated heterocycles. The lowest BCUT2D eigenvalue weighted by atomic mass is 10.3. The zero-order chi connectivity index (χ0) is 7.40. The van der Waals surface area contributed by atoms with Crippen molar-refractivity contribution < 1.29 is 4.74 Å². The number of para-hydroxylation sites is 1. The first-order valence-corrected chi connectivity index (χ1v) is 6.16.